The van der Waals surface area contributed by atoms with E-state index in [9.17, 15) is 4.79 Å². The van der Waals surface area contributed by atoms with Gasteiger partial charge in [0.1, 0.15) is 11.5 Å². The first-order valence-electron chi connectivity index (χ1n) is 7.35. The zero-order valence-corrected chi connectivity index (χ0v) is 15.4. The first-order chi connectivity index (χ1) is 11.5. The van der Waals surface area contributed by atoms with E-state index in [4.69, 9.17) is 9.47 Å². The van der Waals surface area contributed by atoms with Crippen LogP contribution in [-0.4, -0.2) is 25.8 Å². The molecule has 5 nitrogen and oxygen atoms in total. The van der Waals surface area contributed by atoms with Crippen molar-refractivity contribution in [3.63, 3.8) is 0 Å². The van der Waals surface area contributed by atoms with Gasteiger partial charge in [-0.1, -0.05) is 6.07 Å². The van der Waals surface area contributed by atoms with E-state index in [1.807, 2.05) is 50.2 Å². The van der Waals surface area contributed by atoms with Gasteiger partial charge < -0.3 is 9.47 Å². The van der Waals surface area contributed by atoms with Crippen LogP contribution >= 0.6 is 15.9 Å². The molecule has 2 rings (SSSR count). The van der Waals surface area contributed by atoms with Crippen molar-refractivity contribution in [3.05, 3.63) is 57.6 Å². The van der Waals surface area contributed by atoms with Gasteiger partial charge in [0.05, 0.1) is 17.8 Å². The summed E-state index contributed by atoms with van der Waals surface area (Å²) in [6.07, 6.45) is 1.55. The first-order valence-corrected chi connectivity index (χ1v) is 8.14. The fraction of sp³-hybridized carbons (Fsp3) is 0.222. The molecule has 126 valence electrons. The number of hydrogen-bond acceptors (Lipinski definition) is 4. The summed E-state index contributed by atoms with van der Waals surface area (Å²) in [6.45, 7) is 3.93. The van der Waals surface area contributed by atoms with Gasteiger partial charge in [-0.3, -0.25) is 4.79 Å². The van der Waals surface area contributed by atoms with Gasteiger partial charge in [0.15, 0.2) is 6.61 Å². The number of ether oxygens (including phenoxy) is 2. The molecular weight excluding hydrogens is 372 g/mol. The molecule has 6 heteroatoms. The maximum atomic E-state index is 11.7. The van der Waals surface area contributed by atoms with E-state index in [1.165, 1.54) is 5.56 Å². The average Bonchev–Trinajstić information content (AvgIpc) is 2.56. The lowest BCUT2D eigenvalue weighted by atomic mass is 10.1. The monoisotopic (exact) mass is 390 g/mol. The van der Waals surface area contributed by atoms with Crippen molar-refractivity contribution in [2.75, 3.05) is 13.7 Å². The number of nitrogens with one attached hydrogen (secondary N) is 1. The third-order valence-electron chi connectivity index (χ3n) is 3.43. The number of carbonyl (C=O) groups is 1. The quantitative estimate of drug-likeness (QED) is 0.605. The maximum absolute atomic E-state index is 11.7. The van der Waals surface area contributed by atoms with E-state index in [0.29, 0.717) is 5.75 Å². The number of hydrogen-bond donors (Lipinski definition) is 1. The number of rotatable bonds is 6. The molecule has 2 aromatic carbocycles. The van der Waals surface area contributed by atoms with Gasteiger partial charge in [-0.05, 0) is 76.8 Å². The van der Waals surface area contributed by atoms with E-state index < -0.39 is 0 Å². The summed E-state index contributed by atoms with van der Waals surface area (Å²) in [7, 11) is 1.60. The second-order valence-corrected chi connectivity index (χ2v) is 6.08. The summed E-state index contributed by atoms with van der Waals surface area (Å²) in [4.78, 5) is 11.7. The molecule has 0 aliphatic rings. The first kappa shape index (κ1) is 18.0. The van der Waals surface area contributed by atoms with Crippen LogP contribution < -0.4 is 14.9 Å². The fourth-order valence-electron chi connectivity index (χ4n) is 1.93. The molecule has 0 unspecified atom stereocenters. The number of nitrogens with zero attached hydrogens (tertiary/aromatic N) is 1. The zero-order valence-electron chi connectivity index (χ0n) is 13.8. The molecule has 1 amide bonds. The molecule has 0 radical (unpaired) electrons. The van der Waals surface area contributed by atoms with Crippen LogP contribution in [0.4, 0.5) is 0 Å². The van der Waals surface area contributed by atoms with Crippen molar-refractivity contribution in [2.45, 2.75) is 13.8 Å². The molecule has 0 spiro atoms. The molecule has 0 bridgehead atoms. The Balaban J connectivity index is 1.84. The Morgan fingerprint density at radius 3 is 2.67 bits per heavy atom. The molecule has 2 aromatic rings. The highest BCUT2D eigenvalue weighted by Gasteiger charge is 2.03. The molecule has 1 N–H and O–H groups in total. The Labute approximate surface area is 149 Å². The third-order valence-corrected chi connectivity index (χ3v) is 4.05. The predicted molar refractivity (Wildman–Crippen MR) is 97.8 cm³/mol. The Morgan fingerprint density at radius 2 is 2.00 bits per heavy atom. The van der Waals surface area contributed by atoms with Gasteiger partial charge in [0, 0.05) is 0 Å². The number of halogens is 1. The van der Waals surface area contributed by atoms with Crippen LogP contribution in [0.3, 0.4) is 0 Å². The molecular formula is C18H19BrN2O3. The lowest BCUT2D eigenvalue weighted by Crippen LogP contribution is -2.24. The maximum Gasteiger partial charge on any atom is 0.277 e. The molecule has 0 heterocycles. The van der Waals surface area contributed by atoms with E-state index in [1.54, 1.807) is 13.3 Å². The van der Waals surface area contributed by atoms with Gasteiger partial charge in [-0.15, -0.1) is 0 Å². The number of methoxy groups -OCH3 is 1. The number of carbonyl (C=O) groups excluding carboxylic acids is 1. The van der Waals surface area contributed by atoms with E-state index in [0.717, 1.165) is 21.3 Å². The predicted octanol–water partition coefficient (Wildman–Crippen LogP) is 3.60. The lowest BCUT2D eigenvalue weighted by Gasteiger charge is -2.07. The lowest BCUT2D eigenvalue weighted by molar-refractivity contribution is -0.123. The largest absolute Gasteiger partial charge is 0.496 e. The minimum Gasteiger partial charge on any atom is -0.496 e. The summed E-state index contributed by atoms with van der Waals surface area (Å²) in [5, 5.41) is 3.92. The van der Waals surface area contributed by atoms with Gasteiger partial charge in [0.25, 0.3) is 5.91 Å². The number of hydrazone groups is 1. The molecule has 0 saturated carbocycles. The molecule has 0 fully saturated rings. The summed E-state index contributed by atoms with van der Waals surface area (Å²) in [5.41, 5.74) is 5.57. The Morgan fingerprint density at radius 1 is 1.21 bits per heavy atom. The molecule has 0 aromatic heterocycles. The summed E-state index contributed by atoms with van der Waals surface area (Å²) in [6, 6.07) is 11.2. The van der Waals surface area contributed by atoms with Crippen LogP contribution in [0.1, 0.15) is 16.7 Å². The van der Waals surface area contributed by atoms with Crippen LogP contribution in [0, 0.1) is 13.8 Å². The van der Waals surface area contributed by atoms with Crippen LogP contribution in [0.5, 0.6) is 11.5 Å². The summed E-state index contributed by atoms with van der Waals surface area (Å²) < 4.78 is 11.4. The highest BCUT2D eigenvalue weighted by Crippen LogP contribution is 2.24. The molecule has 0 aliphatic heterocycles. The fourth-order valence-corrected chi connectivity index (χ4v) is 2.48. The number of benzene rings is 2. The second kappa shape index (κ2) is 8.49. The average molecular weight is 391 g/mol. The topological polar surface area (TPSA) is 59.9 Å². The van der Waals surface area contributed by atoms with Crippen molar-refractivity contribution >= 4 is 28.1 Å². The molecule has 0 atom stereocenters. The van der Waals surface area contributed by atoms with Crippen molar-refractivity contribution < 1.29 is 14.3 Å². The van der Waals surface area contributed by atoms with Crippen LogP contribution in [0.15, 0.2) is 46.0 Å². The van der Waals surface area contributed by atoms with Gasteiger partial charge >= 0.3 is 0 Å². The van der Waals surface area contributed by atoms with E-state index in [2.05, 4.69) is 26.5 Å². The van der Waals surface area contributed by atoms with Gasteiger partial charge in [0.2, 0.25) is 0 Å². The number of aryl methyl sites for hydroxylation is 2. The van der Waals surface area contributed by atoms with Crippen molar-refractivity contribution in [1.29, 1.82) is 0 Å². The molecule has 0 saturated heterocycles. The number of amides is 1. The van der Waals surface area contributed by atoms with Crippen LogP contribution in [-0.2, 0) is 4.79 Å². The minimum atomic E-state index is -0.322. The minimum absolute atomic E-state index is 0.0911. The standard InChI is InChI=1S/C18H19BrN2O3/c1-12-4-6-15(8-13(12)2)24-11-18(22)21-20-10-14-5-7-17(23-3)16(19)9-14/h4-10H,11H2,1-3H3,(H,21,22)/b20-10-. The second-order valence-electron chi connectivity index (χ2n) is 5.22. The van der Waals surface area contributed by atoms with Crippen molar-refractivity contribution in [3.8, 4) is 11.5 Å². The molecule has 0 aliphatic carbocycles. The summed E-state index contributed by atoms with van der Waals surface area (Å²) >= 11 is 3.40. The van der Waals surface area contributed by atoms with Crippen LogP contribution in [0.25, 0.3) is 0 Å². The zero-order chi connectivity index (χ0) is 17.5. The van der Waals surface area contributed by atoms with Gasteiger partial charge in [-0.25, -0.2) is 5.43 Å². The van der Waals surface area contributed by atoms with Gasteiger partial charge in [-0.2, -0.15) is 5.10 Å². The Hall–Kier alpha value is -2.34. The van der Waals surface area contributed by atoms with E-state index in [-0.39, 0.29) is 12.5 Å². The van der Waals surface area contributed by atoms with Crippen LogP contribution in [0.2, 0.25) is 0 Å². The van der Waals surface area contributed by atoms with Crippen molar-refractivity contribution in [1.82, 2.24) is 5.43 Å². The van der Waals surface area contributed by atoms with Crippen molar-refractivity contribution in [2.24, 2.45) is 5.10 Å². The smallest absolute Gasteiger partial charge is 0.277 e. The third kappa shape index (κ3) is 5.09. The Bertz CT molecular complexity index is 760. The highest BCUT2D eigenvalue weighted by molar-refractivity contribution is 9.10. The molecule has 24 heavy (non-hydrogen) atoms. The van der Waals surface area contributed by atoms with E-state index >= 15 is 0 Å². The normalized spacial score (nSPS) is 10.7. The summed E-state index contributed by atoms with van der Waals surface area (Å²) in [5.74, 6) is 1.08. The highest BCUT2D eigenvalue weighted by atomic mass is 79.9. The Kier molecular flexibility index (Phi) is 6.37. The SMILES string of the molecule is COc1ccc(/C=N\NC(=O)COc2ccc(C)c(C)c2)cc1Br.